The number of benzene rings is 1. The van der Waals surface area contributed by atoms with Crippen molar-refractivity contribution in [1.82, 2.24) is 5.32 Å². The zero-order chi connectivity index (χ0) is 19.0. The molecule has 1 atom stereocenters. The predicted octanol–water partition coefficient (Wildman–Crippen LogP) is 4.44. The van der Waals surface area contributed by atoms with Crippen LogP contribution in [0, 0.1) is 19.3 Å². The molecule has 0 saturated heterocycles. The summed E-state index contributed by atoms with van der Waals surface area (Å²) in [6.07, 6.45) is 3.29. The SMILES string of the molecule is Cc1cc(C(=O)NCC2(C3CSc4ccccc43)CCC(O)CC2)c(C)o1. The van der Waals surface area contributed by atoms with Gasteiger partial charge in [-0.05, 0) is 62.6 Å². The summed E-state index contributed by atoms with van der Waals surface area (Å²) >= 11 is 1.92. The molecule has 2 aliphatic rings. The molecular formula is C22H27NO3S. The molecule has 4 nitrogen and oxygen atoms in total. The fourth-order valence-corrected chi connectivity index (χ4v) is 6.13. The average molecular weight is 386 g/mol. The van der Waals surface area contributed by atoms with Crippen molar-refractivity contribution in [3.63, 3.8) is 0 Å². The Balaban J connectivity index is 1.57. The molecule has 27 heavy (non-hydrogen) atoms. The van der Waals surface area contributed by atoms with Crippen molar-refractivity contribution in [3.8, 4) is 0 Å². The van der Waals surface area contributed by atoms with E-state index in [1.165, 1.54) is 10.5 Å². The van der Waals surface area contributed by atoms with Crippen LogP contribution in [0.3, 0.4) is 0 Å². The van der Waals surface area contributed by atoms with E-state index in [0.717, 1.165) is 37.2 Å². The van der Waals surface area contributed by atoms with Crippen molar-refractivity contribution < 1.29 is 14.3 Å². The molecule has 2 heterocycles. The van der Waals surface area contributed by atoms with E-state index in [1.54, 1.807) is 0 Å². The van der Waals surface area contributed by atoms with Crippen LogP contribution in [0.15, 0.2) is 39.6 Å². The fourth-order valence-electron chi connectivity index (χ4n) is 4.70. The minimum atomic E-state index is -0.211. The van der Waals surface area contributed by atoms with Crippen LogP contribution in [0.1, 0.15) is 59.0 Å². The normalized spacial score (nSPS) is 27.4. The molecule has 0 spiro atoms. The molecular weight excluding hydrogens is 358 g/mol. The average Bonchev–Trinajstić information content (AvgIpc) is 3.24. The largest absolute Gasteiger partial charge is 0.466 e. The van der Waals surface area contributed by atoms with Gasteiger partial charge in [0, 0.05) is 23.1 Å². The second-order valence-electron chi connectivity index (χ2n) is 8.00. The summed E-state index contributed by atoms with van der Waals surface area (Å²) in [5, 5.41) is 13.3. The summed E-state index contributed by atoms with van der Waals surface area (Å²) in [6.45, 7) is 4.33. The summed E-state index contributed by atoms with van der Waals surface area (Å²) in [4.78, 5) is 14.1. The number of carbonyl (C=O) groups excluding carboxylic acids is 1. The molecule has 144 valence electrons. The fraction of sp³-hybridized carbons (Fsp3) is 0.500. The van der Waals surface area contributed by atoms with Gasteiger partial charge in [0.2, 0.25) is 0 Å². The Labute approximate surface area is 164 Å². The highest BCUT2D eigenvalue weighted by Gasteiger charge is 2.45. The zero-order valence-corrected chi connectivity index (χ0v) is 16.8. The molecule has 1 aliphatic heterocycles. The molecule has 1 unspecified atom stereocenters. The molecule has 0 bridgehead atoms. The van der Waals surface area contributed by atoms with E-state index >= 15 is 0 Å². The van der Waals surface area contributed by atoms with Crippen LogP contribution in [0.4, 0.5) is 0 Å². The van der Waals surface area contributed by atoms with E-state index in [9.17, 15) is 9.90 Å². The molecule has 2 N–H and O–H groups in total. The highest BCUT2D eigenvalue weighted by Crippen LogP contribution is 2.54. The number of aliphatic hydroxyl groups is 1. The van der Waals surface area contributed by atoms with Gasteiger partial charge >= 0.3 is 0 Å². The van der Waals surface area contributed by atoms with Gasteiger partial charge in [0.15, 0.2) is 0 Å². The van der Waals surface area contributed by atoms with Crippen molar-refractivity contribution in [3.05, 3.63) is 53.0 Å². The van der Waals surface area contributed by atoms with Crippen LogP contribution >= 0.6 is 11.8 Å². The molecule has 1 saturated carbocycles. The van der Waals surface area contributed by atoms with Crippen molar-refractivity contribution >= 4 is 17.7 Å². The first-order valence-electron chi connectivity index (χ1n) is 9.73. The highest BCUT2D eigenvalue weighted by molar-refractivity contribution is 7.99. The Morgan fingerprint density at radius 3 is 2.74 bits per heavy atom. The number of carbonyl (C=O) groups is 1. The quantitative estimate of drug-likeness (QED) is 0.817. The first-order valence-corrected chi connectivity index (χ1v) is 10.7. The Hall–Kier alpha value is -1.72. The standard InChI is InChI=1S/C22H27NO3S/c1-14-11-18(15(2)26-14)21(25)23-13-22(9-7-16(24)8-10-22)19-12-27-20-6-4-3-5-17(19)20/h3-6,11,16,19,24H,7-10,12-13H2,1-2H3,(H,23,25). The lowest BCUT2D eigenvalue weighted by Crippen LogP contribution is -2.45. The number of furan rings is 1. The maximum Gasteiger partial charge on any atom is 0.254 e. The van der Waals surface area contributed by atoms with Gasteiger partial charge in [0.05, 0.1) is 11.7 Å². The highest BCUT2D eigenvalue weighted by atomic mass is 32.2. The van der Waals surface area contributed by atoms with Crippen molar-refractivity contribution in [2.24, 2.45) is 5.41 Å². The van der Waals surface area contributed by atoms with E-state index in [4.69, 9.17) is 4.42 Å². The minimum Gasteiger partial charge on any atom is -0.466 e. The monoisotopic (exact) mass is 385 g/mol. The lowest BCUT2D eigenvalue weighted by molar-refractivity contribution is 0.0482. The molecule has 1 aromatic heterocycles. The maximum atomic E-state index is 12.8. The number of fused-ring (bicyclic) bond motifs is 1. The number of rotatable bonds is 4. The number of nitrogens with one attached hydrogen (secondary N) is 1. The maximum absolute atomic E-state index is 12.8. The van der Waals surface area contributed by atoms with E-state index in [1.807, 2.05) is 31.7 Å². The van der Waals surface area contributed by atoms with Gasteiger partial charge in [-0.2, -0.15) is 0 Å². The Kier molecular flexibility index (Phi) is 5.08. The van der Waals surface area contributed by atoms with E-state index in [2.05, 4.69) is 29.6 Å². The van der Waals surface area contributed by atoms with E-state index < -0.39 is 0 Å². The summed E-state index contributed by atoms with van der Waals surface area (Å²) in [5.41, 5.74) is 2.03. The third-order valence-corrected chi connectivity index (χ3v) is 7.46. The Morgan fingerprint density at radius 2 is 2.04 bits per heavy atom. The number of amides is 1. The molecule has 0 radical (unpaired) electrons. The molecule has 1 fully saturated rings. The summed E-state index contributed by atoms with van der Waals surface area (Å²) in [6, 6.07) is 10.4. The lowest BCUT2D eigenvalue weighted by Gasteiger charge is -2.44. The van der Waals surface area contributed by atoms with E-state index in [0.29, 0.717) is 23.8 Å². The molecule has 2 aromatic rings. The van der Waals surface area contributed by atoms with Gasteiger partial charge in [-0.15, -0.1) is 11.8 Å². The van der Waals surface area contributed by atoms with Gasteiger partial charge in [-0.1, -0.05) is 18.2 Å². The second kappa shape index (κ2) is 7.36. The van der Waals surface area contributed by atoms with Crippen LogP contribution < -0.4 is 5.32 Å². The van der Waals surface area contributed by atoms with Crippen LogP contribution in [0.25, 0.3) is 0 Å². The molecule has 1 amide bonds. The number of hydrogen-bond acceptors (Lipinski definition) is 4. The van der Waals surface area contributed by atoms with Crippen LogP contribution in [-0.2, 0) is 0 Å². The van der Waals surface area contributed by atoms with Gasteiger partial charge in [0.25, 0.3) is 5.91 Å². The summed E-state index contributed by atoms with van der Waals surface area (Å²) in [7, 11) is 0. The molecule has 4 rings (SSSR count). The van der Waals surface area contributed by atoms with Crippen LogP contribution in [-0.4, -0.2) is 29.4 Å². The minimum absolute atomic E-state index is 0.00117. The second-order valence-corrected chi connectivity index (χ2v) is 9.07. The third kappa shape index (κ3) is 3.55. The Bertz CT molecular complexity index is 836. The van der Waals surface area contributed by atoms with Crippen LogP contribution in [0.2, 0.25) is 0 Å². The van der Waals surface area contributed by atoms with Gasteiger partial charge in [-0.3, -0.25) is 4.79 Å². The van der Waals surface area contributed by atoms with E-state index in [-0.39, 0.29) is 17.4 Å². The van der Waals surface area contributed by atoms with Crippen molar-refractivity contribution in [2.45, 2.75) is 56.4 Å². The predicted molar refractivity (Wildman–Crippen MR) is 107 cm³/mol. The molecule has 1 aromatic carbocycles. The summed E-state index contributed by atoms with van der Waals surface area (Å²) < 4.78 is 5.52. The smallest absolute Gasteiger partial charge is 0.254 e. The Morgan fingerprint density at radius 1 is 1.30 bits per heavy atom. The van der Waals surface area contributed by atoms with Crippen LogP contribution in [0.5, 0.6) is 0 Å². The van der Waals surface area contributed by atoms with Gasteiger partial charge < -0.3 is 14.8 Å². The van der Waals surface area contributed by atoms with Crippen molar-refractivity contribution in [2.75, 3.05) is 12.3 Å². The first-order chi connectivity index (χ1) is 13.0. The number of aliphatic hydroxyl groups excluding tert-OH is 1. The summed E-state index contributed by atoms with van der Waals surface area (Å²) in [5.74, 6) is 2.83. The lowest BCUT2D eigenvalue weighted by atomic mass is 9.63. The molecule has 5 heteroatoms. The zero-order valence-electron chi connectivity index (χ0n) is 16.0. The first kappa shape index (κ1) is 18.6. The topological polar surface area (TPSA) is 62.5 Å². The van der Waals surface area contributed by atoms with Gasteiger partial charge in [0.1, 0.15) is 11.5 Å². The number of hydrogen-bond donors (Lipinski definition) is 2. The van der Waals surface area contributed by atoms with Crippen molar-refractivity contribution in [1.29, 1.82) is 0 Å². The number of aryl methyl sites for hydroxylation is 2. The number of thioether (sulfide) groups is 1. The molecule has 1 aliphatic carbocycles. The third-order valence-electron chi connectivity index (χ3n) is 6.28. The van der Waals surface area contributed by atoms with Gasteiger partial charge in [-0.25, -0.2) is 0 Å².